The molecule has 0 atom stereocenters. The Kier molecular flexibility index (Phi) is 5.35. The molecule has 7 heteroatoms. The summed E-state index contributed by atoms with van der Waals surface area (Å²) in [6, 6.07) is 7.41. The molecule has 0 bridgehead atoms. The van der Waals surface area contributed by atoms with Crippen LogP contribution in [-0.2, 0) is 6.54 Å². The first kappa shape index (κ1) is 15.5. The molecule has 1 aromatic heterocycles. The van der Waals surface area contributed by atoms with Crippen molar-refractivity contribution < 1.29 is 4.74 Å². The summed E-state index contributed by atoms with van der Waals surface area (Å²) in [5, 5.41) is 7.23. The number of benzene rings is 1. The van der Waals surface area contributed by atoms with Crippen LogP contribution in [0.4, 0.5) is 11.4 Å². The number of hydrogen-bond acceptors (Lipinski definition) is 5. The molecule has 2 rings (SSSR count). The smallest absolute Gasteiger partial charge is 0.283 e. The van der Waals surface area contributed by atoms with Gasteiger partial charge < -0.3 is 15.8 Å². The molecule has 0 aliphatic rings. The van der Waals surface area contributed by atoms with Crippen molar-refractivity contribution in [3.8, 4) is 5.75 Å². The number of rotatable bonds is 6. The van der Waals surface area contributed by atoms with E-state index in [0.29, 0.717) is 29.9 Å². The maximum atomic E-state index is 12.0. The summed E-state index contributed by atoms with van der Waals surface area (Å²) in [7, 11) is 0. The number of anilines is 2. The number of ether oxygens (including phenoxy) is 1. The van der Waals surface area contributed by atoms with Crippen molar-refractivity contribution in [3.63, 3.8) is 0 Å². The van der Waals surface area contributed by atoms with E-state index in [9.17, 15) is 4.79 Å². The zero-order chi connectivity index (χ0) is 15.2. The van der Waals surface area contributed by atoms with Crippen LogP contribution in [0.5, 0.6) is 5.75 Å². The van der Waals surface area contributed by atoms with Gasteiger partial charge in [0, 0.05) is 18.8 Å². The van der Waals surface area contributed by atoms with E-state index in [-0.39, 0.29) is 5.56 Å². The molecular formula is C14H17BrN4O2. The zero-order valence-electron chi connectivity index (χ0n) is 11.7. The van der Waals surface area contributed by atoms with Crippen LogP contribution >= 0.6 is 15.9 Å². The molecule has 1 aromatic carbocycles. The number of hydrogen-bond donors (Lipinski definition) is 2. The van der Waals surface area contributed by atoms with Crippen molar-refractivity contribution in [1.82, 2.24) is 9.78 Å². The van der Waals surface area contributed by atoms with Crippen LogP contribution in [0.2, 0.25) is 0 Å². The highest BCUT2D eigenvalue weighted by atomic mass is 79.9. The fourth-order valence-electron chi connectivity index (χ4n) is 1.74. The number of nitrogens with zero attached hydrogens (tertiary/aromatic N) is 2. The summed E-state index contributed by atoms with van der Waals surface area (Å²) in [4.78, 5) is 12.0. The molecule has 112 valence electrons. The number of nitrogens with one attached hydrogen (secondary N) is 1. The minimum atomic E-state index is -0.162. The minimum Gasteiger partial charge on any atom is -0.492 e. The third-order valence-electron chi connectivity index (χ3n) is 2.80. The predicted octanol–water partition coefficient (Wildman–Crippen LogP) is 2.11. The fourth-order valence-corrected chi connectivity index (χ4v) is 2.15. The molecular weight excluding hydrogens is 336 g/mol. The summed E-state index contributed by atoms with van der Waals surface area (Å²) in [6.45, 7) is 3.36. The van der Waals surface area contributed by atoms with Gasteiger partial charge in [0.2, 0.25) is 0 Å². The van der Waals surface area contributed by atoms with Crippen LogP contribution in [0.3, 0.4) is 0 Å². The number of halogens is 1. The zero-order valence-corrected chi connectivity index (χ0v) is 13.3. The first-order chi connectivity index (χ1) is 10.2. The van der Waals surface area contributed by atoms with Gasteiger partial charge in [-0.3, -0.25) is 4.79 Å². The normalized spacial score (nSPS) is 10.4. The van der Waals surface area contributed by atoms with Gasteiger partial charge in [0.1, 0.15) is 16.8 Å². The standard InChI is InChI=1S/C14H17BrN4O2/c1-2-19-14(20)13(15)12(9-17-19)18-10-3-5-11(6-4-10)21-8-7-16/h3-6,9,18H,2,7-8,16H2,1H3. The van der Waals surface area contributed by atoms with Gasteiger partial charge in [0.05, 0.1) is 11.9 Å². The van der Waals surface area contributed by atoms with Crippen LogP contribution in [0.1, 0.15) is 6.92 Å². The number of aryl methyl sites for hydroxylation is 1. The largest absolute Gasteiger partial charge is 0.492 e. The van der Waals surface area contributed by atoms with Crippen LogP contribution in [0.15, 0.2) is 39.7 Å². The van der Waals surface area contributed by atoms with Crippen LogP contribution in [-0.4, -0.2) is 22.9 Å². The van der Waals surface area contributed by atoms with E-state index >= 15 is 0 Å². The molecule has 0 fully saturated rings. The molecule has 0 saturated heterocycles. The highest BCUT2D eigenvalue weighted by Gasteiger charge is 2.08. The van der Waals surface area contributed by atoms with Crippen LogP contribution < -0.4 is 21.3 Å². The van der Waals surface area contributed by atoms with Gasteiger partial charge in [-0.05, 0) is 47.1 Å². The second kappa shape index (κ2) is 7.24. The van der Waals surface area contributed by atoms with Crippen molar-refractivity contribution in [2.24, 2.45) is 5.73 Å². The number of aromatic nitrogens is 2. The Morgan fingerprint density at radius 3 is 2.71 bits per heavy atom. The first-order valence-electron chi connectivity index (χ1n) is 6.61. The quantitative estimate of drug-likeness (QED) is 0.831. The van der Waals surface area contributed by atoms with Gasteiger partial charge in [-0.1, -0.05) is 0 Å². The van der Waals surface area contributed by atoms with Crippen molar-refractivity contribution in [3.05, 3.63) is 45.3 Å². The Hall–Kier alpha value is -1.86. The Balaban J connectivity index is 2.15. The van der Waals surface area contributed by atoms with Crippen LogP contribution in [0.25, 0.3) is 0 Å². The average molecular weight is 353 g/mol. The topological polar surface area (TPSA) is 82.2 Å². The van der Waals surface area contributed by atoms with Crippen molar-refractivity contribution in [1.29, 1.82) is 0 Å². The average Bonchev–Trinajstić information content (AvgIpc) is 2.51. The molecule has 3 N–H and O–H groups in total. The predicted molar refractivity (Wildman–Crippen MR) is 86.1 cm³/mol. The molecule has 0 amide bonds. The molecule has 0 radical (unpaired) electrons. The third kappa shape index (κ3) is 3.83. The first-order valence-corrected chi connectivity index (χ1v) is 7.40. The van der Waals surface area contributed by atoms with Gasteiger partial charge in [0.25, 0.3) is 5.56 Å². The molecule has 0 aliphatic heterocycles. The Labute approximate surface area is 131 Å². The van der Waals surface area contributed by atoms with E-state index in [2.05, 4.69) is 26.3 Å². The highest BCUT2D eigenvalue weighted by Crippen LogP contribution is 2.23. The third-order valence-corrected chi connectivity index (χ3v) is 3.57. The lowest BCUT2D eigenvalue weighted by atomic mass is 10.3. The summed E-state index contributed by atoms with van der Waals surface area (Å²) >= 11 is 3.30. The van der Waals surface area contributed by atoms with Crippen LogP contribution in [0, 0.1) is 0 Å². The Morgan fingerprint density at radius 2 is 2.10 bits per heavy atom. The lowest BCUT2D eigenvalue weighted by molar-refractivity contribution is 0.328. The minimum absolute atomic E-state index is 0.162. The molecule has 1 heterocycles. The maximum Gasteiger partial charge on any atom is 0.283 e. The Morgan fingerprint density at radius 1 is 1.38 bits per heavy atom. The Bertz CT molecular complexity index is 655. The monoisotopic (exact) mass is 352 g/mol. The summed E-state index contributed by atoms with van der Waals surface area (Å²) in [5.74, 6) is 0.754. The highest BCUT2D eigenvalue weighted by molar-refractivity contribution is 9.10. The van der Waals surface area contributed by atoms with E-state index in [1.165, 1.54) is 4.68 Å². The lowest BCUT2D eigenvalue weighted by Crippen LogP contribution is -2.23. The lowest BCUT2D eigenvalue weighted by Gasteiger charge is -2.10. The van der Waals surface area contributed by atoms with Gasteiger partial charge >= 0.3 is 0 Å². The van der Waals surface area contributed by atoms with Gasteiger partial charge in [-0.15, -0.1) is 0 Å². The second-order valence-corrected chi connectivity index (χ2v) is 5.07. The molecule has 6 nitrogen and oxygen atoms in total. The van der Waals surface area contributed by atoms with E-state index < -0.39 is 0 Å². The molecule has 21 heavy (non-hydrogen) atoms. The van der Waals surface area contributed by atoms with Gasteiger partial charge in [0.15, 0.2) is 0 Å². The van der Waals surface area contributed by atoms with Crippen molar-refractivity contribution >= 4 is 27.3 Å². The van der Waals surface area contributed by atoms with E-state index in [4.69, 9.17) is 10.5 Å². The molecule has 0 unspecified atom stereocenters. The molecule has 0 saturated carbocycles. The molecule has 2 aromatic rings. The second-order valence-electron chi connectivity index (χ2n) is 4.28. The number of nitrogens with two attached hydrogens (primary N) is 1. The van der Waals surface area contributed by atoms with Crippen molar-refractivity contribution in [2.75, 3.05) is 18.5 Å². The fraction of sp³-hybridized carbons (Fsp3) is 0.286. The van der Waals surface area contributed by atoms with E-state index in [1.54, 1.807) is 6.20 Å². The maximum absolute atomic E-state index is 12.0. The van der Waals surface area contributed by atoms with E-state index in [1.807, 2.05) is 31.2 Å². The summed E-state index contributed by atoms with van der Waals surface area (Å²) < 4.78 is 7.25. The van der Waals surface area contributed by atoms with Gasteiger partial charge in [-0.25, -0.2) is 4.68 Å². The van der Waals surface area contributed by atoms with Gasteiger partial charge in [-0.2, -0.15) is 5.10 Å². The van der Waals surface area contributed by atoms with E-state index in [0.717, 1.165) is 11.4 Å². The molecule has 0 spiro atoms. The SMILES string of the molecule is CCn1ncc(Nc2ccc(OCCN)cc2)c(Br)c1=O. The molecule has 0 aliphatic carbocycles. The summed E-state index contributed by atoms with van der Waals surface area (Å²) in [5.41, 5.74) is 6.68. The van der Waals surface area contributed by atoms with Crippen molar-refractivity contribution in [2.45, 2.75) is 13.5 Å². The summed E-state index contributed by atoms with van der Waals surface area (Å²) in [6.07, 6.45) is 1.62.